The van der Waals surface area contributed by atoms with E-state index in [0.717, 1.165) is 0 Å². The highest BCUT2D eigenvalue weighted by atomic mass is 19.1. The number of methoxy groups -OCH3 is 1. The molecule has 6 heteroatoms. The zero-order valence-electron chi connectivity index (χ0n) is 13.2. The monoisotopic (exact) mass is 323 g/mol. The number of hydrogen-bond acceptors (Lipinski definition) is 4. The van der Waals surface area contributed by atoms with E-state index < -0.39 is 11.7 Å². The van der Waals surface area contributed by atoms with Crippen molar-refractivity contribution in [3.63, 3.8) is 0 Å². The summed E-state index contributed by atoms with van der Waals surface area (Å²) in [6.45, 7) is 1.72. The minimum absolute atomic E-state index is 0.0169. The summed E-state index contributed by atoms with van der Waals surface area (Å²) in [5.74, 6) is -0.390. The van der Waals surface area contributed by atoms with Crippen LogP contribution in [-0.2, 0) is 9.47 Å². The molecular weight excluding hydrogens is 301 g/mol. The topological polar surface area (TPSA) is 56.8 Å². The van der Waals surface area contributed by atoms with Crippen LogP contribution in [0.3, 0.4) is 0 Å². The maximum Gasteiger partial charge on any atom is 0.254 e. The summed E-state index contributed by atoms with van der Waals surface area (Å²) >= 11 is 0. The molecule has 1 aliphatic heterocycles. The number of carbonyl (C=O) groups is 1. The Morgan fingerprint density at radius 2 is 2.22 bits per heavy atom. The highest BCUT2D eigenvalue weighted by molar-refractivity contribution is 5.95. The lowest BCUT2D eigenvalue weighted by molar-refractivity contribution is -0.0697. The fraction of sp³-hybridized carbons (Fsp3) is 0.588. The number of hydrogen-bond donors (Lipinski definition) is 1. The van der Waals surface area contributed by atoms with E-state index in [0.29, 0.717) is 32.2 Å². The van der Waals surface area contributed by atoms with Gasteiger partial charge >= 0.3 is 0 Å². The van der Waals surface area contributed by atoms with Crippen molar-refractivity contribution in [2.45, 2.75) is 31.4 Å². The average Bonchev–Trinajstić information content (AvgIpc) is 3.38. The summed E-state index contributed by atoms with van der Waals surface area (Å²) in [7, 11) is 1.38. The molecule has 2 atom stereocenters. The van der Waals surface area contributed by atoms with E-state index in [9.17, 15) is 9.18 Å². The molecule has 23 heavy (non-hydrogen) atoms. The van der Waals surface area contributed by atoms with Gasteiger partial charge in [0.2, 0.25) is 0 Å². The first-order valence-corrected chi connectivity index (χ1v) is 8.01. The minimum atomic E-state index is -0.644. The molecule has 1 amide bonds. The lowest BCUT2D eigenvalue weighted by Gasteiger charge is -2.32. The van der Waals surface area contributed by atoms with E-state index in [1.807, 2.05) is 0 Å². The molecule has 2 fully saturated rings. The van der Waals surface area contributed by atoms with Crippen molar-refractivity contribution in [2.75, 3.05) is 26.9 Å². The fourth-order valence-corrected chi connectivity index (χ4v) is 2.68. The second-order valence-electron chi connectivity index (χ2n) is 6.08. The number of ether oxygens (including phenoxy) is 3. The van der Waals surface area contributed by atoms with Crippen LogP contribution >= 0.6 is 0 Å². The molecule has 0 radical (unpaired) electrons. The van der Waals surface area contributed by atoms with Crippen LogP contribution < -0.4 is 10.1 Å². The van der Waals surface area contributed by atoms with Crippen LogP contribution in [0.4, 0.5) is 4.39 Å². The van der Waals surface area contributed by atoms with Gasteiger partial charge in [-0.3, -0.25) is 4.79 Å². The van der Waals surface area contributed by atoms with Gasteiger partial charge in [0.15, 0.2) is 11.6 Å². The number of benzene rings is 1. The second kappa shape index (κ2) is 7.27. The molecule has 1 saturated heterocycles. The van der Waals surface area contributed by atoms with E-state index in [4.69, 9.17) is 14.2 Å². The Bertz CT molecular complexity index is 562. The van der Waals surface area contributed by atoms with Gasteiger partial charge in [0.25, 0.3) is 5.91 Å². The predicted octanol–water partition coefficient (Wildman–Crippen LogP) is 2.15. The quantitative estimate of drug-likeness (QED) is 0.871. The summed E-state index contributed by atoms with van der Waals surface area (Å²) < 4.78 is 30.4. The molecule has 0 bridgehead atoms. The van der Waals surface area contributed by atoms with Crippen molar-refractivity contribution < 1.29 is 23.4 Å². The van der Waals surface area contributed by atoms with Crippen LogP contribution in [-0.4, -0.2) is 45.0 Å². The van der Waals surface area contributed by atoms with Crippen LogP contribution in [0.5, 0.6) is 5.75 Å². The van der Waals surface area contributed by atoms with E-state index in [2.05, 4.69) is 5.32 Å². The van der Waals surface area contributed by atoms with Gasteiger partial charge in [0.05, 0.1) is 25.3 Å². The van der Waals surface area contributed by atoms with Crippen molar-refractivity contribution in [1.29, 1.82) is 0 Å². The van der Waals surface area contributed by atoms with Gasteiger partial charge in [0.1, 0.15) is 6.10 Å². The first kappa shape index (κ1) is 16.2. The predicted molar refractivity (Wildman–Crippen MR) is 82.1 cm³/mol. The standard InChI is InChI=1S/C17H22FNO4/c1-21-14-4-2-3-12(16(14)18)17(20)19-13-7-8-22-10-15(13)23-9-11-5-6-11/h2-4,11,13,15H,5-10H2,1H3,(H,19,20)/t13-,15-/m1/s1. The smallest absolute Gasteiger partial charge is 0.254 e. The summed E-state index contributed by atoms with van der Waals surface area (Å²) in [6, 6.07) is 4.37. The van der Waals surface area contributed by atoms with Gasteiger partial charge in [-0.1, -0.05) is 6.07 Å². The SMILES string of the molecule is COc1cccc(C(=O)N[C@@H]2CCOC[C@H]2OCC2CC2)c1F. The molecule has 2 aliphatic rings. The van der Waals surface area contributed by atoms with Crippen LogP contribution in [0.2, 0.25) is 0 Å². The van der Waals surface area contributed by atoms with Gasteiger partial charge in [-0.2, -0.15) is 0 Å². The van der Waals surface area contributed by atoms with E-state index in [1.54, 1.807) is 6.07 Å². The summed E-state index contributed by atoms with van der Waals surface area (Å²) in [6.07, 6.45) is 2.90. The fourth-order valence-electron chi connectivity index (χ4n) is 2.68. The van der Waals surface area contributed by atoms with Crippen molar-refractivity contribution in [2.24, 2.45) is 5.92 Å². The Hall–Kier alpha value is -1.66. The van der Waals surface area contributed by atoms with Crippen LogP contribution in [0.25, 0.3) is 0 Å². The number of rotatable bonds is 6. The molecular formula is C17H22FNO4. The molecule has 0 aromatic heterocycles. The number of nitrogens with one attached hydrogen (secondary N) is 1. The molecule has 1 heterocycles. The molecule has 126 valence electrons. The van der Waals surface area contributed by atoms with E-state index >= 15 is 0 Å². The second-order valence-corrected chi connectivity index (χ2v) is 6.08. The third-order valence-corrected chi connectivity index (χ3v) is 4.29. The Balaban J connectivity index is 1.64. The zero-order valence-corrected chi connectivity index (χ0v) is 13.2. The highest BCUT2D eigenvalue weighted by Crippen LogP contribution is 2.30. The largest absolute Gasteiger partial charge is 0.494 e. The molecule has 3 rings (SSSR count). The maximum absolute atomic E-state index is 14.2. The van der Waals surface area contributed by atoms with Gasteiger partial charge in [-0.05, 0) is 37.3 Å². The van der Waals surface area contributed by atoms with Crippen molar-refractivity contribution in [1.82, 2.24) is 5.32 Å². The molecule has 0 unspecified atom stereocenters. The van der Waals surface area contributed by atoms with Crippen LogP contribution in [0, 0.1) is 11.7 Å². The number of halogens is 1. The normalized spacial score (nSPS) is 24.3. The minimum Gasteiger partial charge on any atom is -0.494 e. The van der Waals surface area contributed by atoms with Crippen molar-refractivity contribution in [3.8, 4) is 5.75 Å². The molecule has 1 aromatic rings. The lowest BCUT2D eigenvalue weighted by atomic mass is 10.0. The first-order valence-electron chi connectivity index (χ1n) is 8.01. The summed E-state index contributed by atoms with van der Waals surface area (Å²) in [5.41, 5.74) is -0.0169. The number of amides is 1. The summed E-state index contributed by atoms with van der Waals surface area (Å²) in [4.78, 5) is 12.4. The van der Waals surface area contributed by atoms with Crippen LogP contribution in [0.15, 0.2) is 18.2 Å². The van der Waals surface area contributed by atoms with Crippen molar-refractivity contribution in [3.05, 3.63) is 29.6 Å². The highest BCUT2D eigenvalue weighted by Gasteiger charge is 2.31. The third kappa shape index (κ3) is 4.00. The zero-order chi connectivity index (χ0) is 16.2. The van der Waals surface area contributed by atoms with E-state index in [1.165, 1.54) is 32.1 Å². The Morgan fingerprint density at radius 3 is 2.96 bits per heavy atom. The Morgan fingerprint density at radius 1 is 1.39 bits per heavy atom. The van der Waals surface area contributed by atoms with E-state index in [-0.39, 0.29) is 23.5 Å². The number of carbonyl (C=O) groups excluding carboxylic acids is 1. The van der Waals surface area contributed by atoms with Gasteiger partial charge in [0, 0.05) is 13.2 Å². The third-order valence-electron chi connectivity index (χ3n) is 4.29. The molecule has 5 nitrogen and oxygen atoms in total. The molecule has 1 N–H and O–H groups in total. The maximum atomic E-state index is 14.2. The molecule has 1 aliphatic carbocycles. The van der Waals surface area contributed by atoms with Crippen LogP contribution in [0.1, 0.15) is 29.6 Å². The first-order chi connectivity index (χ1) is 11.2. The van der Waals surface area contributed by atoms with Gasteiger partial charge < -0.3 is 19.5 Å². The Kier molecular flexibility index (Phi) is 5.13. The average molecular weight is 323 g/mol. The Labute approximate surface area is 135 Å². The summed E-state index contributed by atoms with van der Waals surface area (Å²) in [5, 5.41) is 2.88. The van der Waals surface area contributed by atoms with Gasteiger partial charge in [-0.25, -0.2) is 4.39 Å². The molecule has 0 spiro atoms. The molecule has 1 saturated carbocycles. The molecule has 1 aromatic carbocycles. The van der Waals surface area contributed by atoms with Crippen molar-refractivity contribution >= 4 is 5.91 Å². The lowest BCUT2D eigenvalue weighted by Crippen LogP contribution is -2.50. The van der Waals surface area contributed by atoms with Gasteiger partial charge in [-0.15, -0.1) is 0 Å².